The maximum Gasteiger partial charge on any atom is 0.238 e. The van der Waals surface area contributed by atoms with Crippen LogP contribution in [0.1, 0.15) is 19.4 Å². The Morgan fingerprint density at radius 1 is 1.00 bits per heavy atom. The molecule has 0 saturated carbocycles. The third kappa shape index (κ3) is 4.95. The van der Waals surface area contributed by atoms with Crippen LogP contribution in [0.4, 0.5) is 0 Å². The number of ether oxygens (including phenoxy) is 2. The Bertz CT molecular complexity index is 1000. The second-order valence-electron chi connectivity index (χ2n) is 5.89. The smallest absolute Gasteiger partial charge is 0.238 e. The van der Waals surface area contributed by atoms with E-state index < -0.39 is 6.29 Å². The molecule has 0 fully saturated rings. The number of hydrogen-bond donors (Lipinski definition) is 0. The molecule has 1 aromatic heterocycles. The lowest BCUT2D eigenvalue weighted by Gasteiger charge is -2.22. The van der Waals surface area contributed by atoms with E-state index in [-0.39, 0.29) is 0 Å². The van der Waals surface area contributed by atoms with E-state index in [1.165, 1.54) is 0 Å². The highest BCUT2D eigenvalue weighted by Crippen LogP contribution is 2.34. The minimum Gasteiger partial charge on any atom is -0.454 e. The van der Waals surface area contributed by atoms with Gasteiger partial charge in [-0.3, -0.25) is 0 Å². The maximum atomic E-state index is 6.42. The quantitative estimate of drug-likeness (QED) is 0.288. The summed E-state index contributed by atoms with van der Waals surface area (Å²) in [5.41, 5.74) is 1.45. The molecule has 1 heterocycles. The van der Waals surface area contributed by atoms with Crippen molar-refractivity contribution in [1.29, 1.82) is 0 Å². The monoisotopic (exact) mass is 456 g/mol. The number of allylic oxidation sites excluding steroid dienone is 1. The molecule has 28 heavy (non-hydrogen) atoms. The summed E-state index contributed by atoms with van der Waals surface area (Å²) in [6, 6.07) is 10.2. The predicted molar refractivity (Wildman–Crippen MR) is 115 cm³/mol. The lowest BCUT2D eigenvalue weighted by molar-refractivity contribution is -0.000117. The van der Waals surface area contributed by atoms with Gasteiger partial charge in [0, 0.05) is 34.9 Å². The van der Waals surface area contributed by atoms with Crippen molar-refractivity contribution in [2.24, 2.45) is 0 Å². The third-order valence-electron chi connectivity index (χ3n) is 3.87. The van der Waals surface area contributed by atoms with Crippen LogP contribution in [0.25, 0.3) is 11.5 Å². The molecular formula is C20H16Cl4N2O2. The summed E-state index contributed by atoms with van der Waals surface area (Å²) in [6.07, 6.45) is 4.49. The number of rotatable bonds is 6. The normalized spacial score (nSPS) is 13.1. The lowest BCUT2D eigenvalue weighted by Crippen LogP contribution is -2.17. The molecule has 0 aliphatic carbocycles. The van der Waals surface area contributed by atoms with E-state index in [1.54, 1.807) is 55.8 Å². The molecule has 0 spiro atoms. The standard InChI is InChI=1S/C20H16Cl4N2O2/c1-12(26-8-7-25-11-26)20(16-5-3-14(21)9-17(16)23)28-13(2)27-19-6-4-15(22)10-18(19)24/h3-11,13H,1-2H3. The minimum atomic E-state index is -0.668. The number of hydrogen-bond acceptors (Lipinski definition) is 3. The summed E-state index contributed by atoms with van der Waals surface area (Å²) >= 11 is 24.6. The molecule has 1 atom stereocenters. The molecule has 0 saturated heterocycles. The first kappa shape index (κ1) is 20.9. The van der Waals surface area contributed by atoms with Crippen molar-refractivity contribution in [1.82, 2.24) is 9.55 Å². The fourth-order valence-corrected chi connectivity index (χ4v) is 3.48. The minimum absolute atomic E-state index is 0.393. The molecule has 0 aliphatic rings. The van der Waals surface area contributed by atoms with Gasteiger partial charge in [-0.05, 0) is 43.3 Å². The molecule has 0 amide bonds. The summed E-state index contributed by atoms with van der Waals surface area (Å²) in [6.45, 7) is 3.65. The van der Waals surface area contributed by atoms with E-state index in [0.29, 0.717) is 37.2 Å². The molecule has 0 N–H and O–H groups in total. The van der Waals surface area contributed by atoms with Gasteiger partial charge in [-0.25, -0.2) is 4.98 Å². The van der Waals surface area contributed by atoms with Crippen molar-refractivity contribution in [3.8, 4) is 5.75 Å². The Hall–Kier alpha value is -1.85. The molecule has 146 valence electrons. The Morgan fingerprint density at radius 3 is 2.29 bits per heavy atom. The van der Waals surface area contributed by atoms with Crippen LogP contribution in [0.3, 0.4) is 0 Å². The van der Waals surface area contributed by atoms with Crippen molar-refractivity contribution < 1.29 is 9.47 Å². The van der Waals surface area contributed by atoms with Gasteiger partial charge in [-0.1, -0.05) is 46.4 Å². The van der Waals surface area contributed by atoms with Crippen LogP contribution in [-0.2, 0) is 4.74 Å². The largest absolute Gasteiger partial charge is 0.454 e. The van der Waals surface area contributed by atoms with Gasteiger partial charge in [-0.2, -0.15) is 0 Å². The Morgan fingerprint density at radius 2 is 1.68 bits per heavy atom. The van der Waals surface area contributed by atoms with E-state index in [4.69, 9.17) is 55.9 Å². The topological polar surface area (TPSA) is 36.3 Å². The van der Waals surface area contributed by atoms with Crippen LogP contribution in [0, 0.1) is 0 Å². The molecule has 4 nitrogen and oxygen atoms in total. The summed E-state index contributed by atoms with van der Waals surface area (Å²) < 4.78 is 13.8. The summed E-state index contributed by atoms with van der Waals surface area (Å²) in [5.74, 6) is 0.984. The zero-order valence-corrected chi connectivity index (χ0v) is 18.0. The molecule has 3 aromatic rings. The van der Waals surface area contributed by atoms with Crippen molar-refractivity contribution in [3.05, 3.63) is 80.8 Å². The van der Waals surface area contributed by atoms with E-state index in [1.807, 2.05) is 17.7 Å². The van der Waals surface area contributed by atoms with E-state index in [9.17, 15) is 0 Å². The average molecular weight is 458 g/mol. The predicted octanol–water partition coefficient (Wildman–Crippen LogP) is 7.28. The van der Waals surface area contributed by atoms with Crippen LogP contribution in [0.5, 0.6) is 5.75 Å². The fraction of sp³-hybridized carbons (Fsp3) is 0.150. The van der Waals surface area contributed by atoms with Crippen molar-refractivity contribution in [2.75, 3.05) is 0 Å². The van der Waals surface area contributed by atoms with Crippen LogP contribution < -0.4 is 4.74 Å². The van der Waals surface area contributed by atoms with Gasteiger partial charge in [0.25, 0.3) is 0 Å². The lowest BCUT2D eigenvalue weighted by atomic mass is 10.1. The first-order valence-corrected chi connectivity index (χ1v) is 9.79. The summed E-state index contributed by atoms with van der Waals surface area (Å²) in [4.78, 5) is 4.08. The fourth-order valence-electron chi connectivity index (χ4n) is 2.53. The molecule has 8 heteroatoms. The van der Waals surface area contributed by atoms with Gasteiger partial charge >= 0.3 is 0 Å². The summed E-state index contributed by atoms with van der Waals surface area (Å²) in [5, 5.41) is 1.91. The zero-order chi connectivity index (χ0) is 20.3. The van der Waals surface area contributed by atoms with Crippen LogP contribution >= 0.6 is 46.4 Å². The van der Waals surface area contributed by atoms with E-state index in [2.05, 4.69) is 4.98 Å². The molecule has 0 bridgehead atoms. The van der Waals surface area contributed by atoms with Crippen LogP contribution in [0.15, 0.2) is 55.1 Å². The van der Waals surface area contributed by atoms with Crippen molar-refractivity contribution >= 4 is 57.9 Å². The molecule has 2 aromatic carbocycles. The van der Waals surface area contributed by atoms with E-state index >= 15 is 0 Å². The second-order valence-corrected chi connectivity index (χ2v) is 7.57. The first-order chi connectivity index (χ1) is 13.3. The second kappa shape index (κ2) is 9.10. The number of benzene rings is 2. The Labute approximate surface area is 183 Å². The number of aromatic nitrogens is 2. The van der Waals surface area contributed by atoms with Crippen LogP contribution in [-0.4, -0.2) is 15.8 Å². The molecule has 0 radical (unpaired) electrons. The van der Waals surface area contributed by atoms with Crippen LogP contribution in [0.2, 0.25) is 20.1 Å². The van der Waals surface area contributed by atoms with Crippen molar-refractivity contribution in [2.45, 2.75) is 20.1 Å². The highest BCUT2D eigenvalue weighted by atomic mass is 35.5. The van der Waals surface area contributed by atoms with Gasteiger partial charge in [0.05, 0.1) is 22.1 Å². The highest BCUT2D eigenvalue weighted by molar-refractivity contribution is 6.36. The Balaban J connectivity index is 1.94. The molecule has 1 unspecified atom stereocenters. The molecule has 3 rings (SSSR count). The number of halogens is 4. The van der Waals surface area contributed by atoms with Gasteiger partial charge < -0.3 is 14.0 Å². The maximum absolute atomic E-state index is 6.42. The zero-order valence-electron chi connectivity index (χ0n) is 15.0. The molecular weight excluding hydrogens is 442 g/mol. The SMILES string of the molecule is CC(=C(OC(C)Oc1ccc(Cl)cc1Cl)c1ccc(Cl)cc1Cl)n1ccnc1. The van der Waals surface area contributed by atoms with Gasteiger partial charge in [0.2, 0.25) is 6.29 Å². The van der Waals surface area contributed by atoms with E-state index in [0.717, 1.165) is 5.70 Å². The molecule has 0 aliphatic heterocycles. The number of imidazole rings is 1. The number of nitrogens with zero attached hydrogens (tertiary/aromatic N) is 2. The average Bonchev–Trinajstić information content (AvgIpc) is 3.17. The van der Waals surface area contributed by atoms with Crippen molar-refractivity contribution in [3.63, 3.8) is 0 Å². The Kier molecular flexibility index (Phi) is 6.78. The van der Waals surface area contributed by atoms with Gasteiger partial charge in [0.15, 0.2) is 5.76 Å². The van der Waals surface area contributed by atoms with Gasteiger partial charge in [0.1, 0.15) is 5.75 Å². The van der Waals surface area contributed by atoms with Gasteiger partial charge in [-0.15, -0.1) is 0 Å². The first-order valence-electron chi connectivity index (χ1n) is 8.28. The highest BCUT2D eigenvalue weighted by Gasteiger charge is 2.18. The third-order valence-corrected chi connectivity index (χ3v) is 4.95. The summed E-state index contributed by atoms with van der Waals surface area (Å²) in [7, 11) is 0.